The molecule has 0 atom stereocenters. The molecule has 0 fully saturated rings. The van der Waals surface area contributed by atoms with Gasteiger partial charge in [-0.1, -0.05) is 24.3 Å². The van der Waals surface area contributed by atoms with Crippen LogP contribution in [0.25, 0.3) is 16.5 Å². The summed E-state index contributed by atoms with van der Waals surface area (Å²) >= 11 is 0. The second kappa shape index (κ2) is 7.38. The minimum Gasteiger partial charge on any atom is -0.484 e. The largest absolute Gasteiger partial charge is 0.484 e. The van der Waals surface area contributed by atoms with Crippen molar-refractivity contribution in [3.63, 3.8) is 0 Å². The number of hydrogen-bond acceptors (Lipinski definition) is 3. The van der Waals surface area contributed by atoms with Crippen LogP contribution < -0.4 is 4.74 Å². The van der Waals surface area contributed by atoms with Gasteiger partial charge in [-0.3, -0.25) is 4.79 Å². The molecule has 0 aliphatic carbocycles. The van der Waals surface area contributed by atoms with E-state index in [1.807, 2.05) is 23.2 Å². The lowest BCUT2D eigenvalue weighted by atomic mass is 9.99. The Labute approximate surface area is 157 Å². The molecule has 3 aromatic rings. The summed E-state index contributed by atoms with van der Waals surface area (Å²) in [5, 5.41) is 10.0. The Morgan fingerprint density at radius 2 is 2.00 bits per heavy atom. The number of fused-ring (bicyclic) bond motifs is 1. The maximum atomic E-state index is 12.4. The number of para-hydroxylation sites is 1. The average molecular weight is 357 g/mol. The Bertz CT molecular complexity index is 1040. The molecule has 1 aliphatic heterocycles. The van der Waals surface area contributed by atoms with Gasteiger partial charge in [0.15, 0.2) is 6.61 Å². The maximum absolute atomic E-state index is 12.4. The van der Waals surface area contributed by atoms with Crippen LogP contribution >= 0.6 is 0 Å². The molecule has 1 aromatic heterocycles. The molecule has 0 spiro atoms. The number of H-pyrrole nitrogens is 1. The normalized spacial score (nSPS) is 13.9. The third-order valence-corrected chi connectivity index (χ3v) is 4.84. The van der Waals surface area contributed by atoms with E-state index in [1.54, 1.807) is 24.3 Å². The highest BCUT2D eigenvalue weighted by molar-refractivity contribution is 5.93. The summed E-state index contributed by atoms with van der Waals surface area (Å²) in [6, 6.07) is 17.1. The molecule has 27 heavy (non-hydrogen) atoms. The van der Waals surface area contributed by atoms with Crippen LogP contribution in [0.5, 0.6) is 5.75 Å². The van der Waals surface area contributed by atoms with Gasteiger partial charge in [-0.25, -0.2) is 0 Å². The van der Waals surface area contributed by atoms with Gasteiger partial charge in [-0.15, -0.1) is 0 Å². The second-order valence-electron chi connectivity index (χ2n) is 6.49. The van der Waals surface area contributed by atoms with Crippen molar-refractivity contribution in [2.24, 2.45) is 0 Å². The van der Waals surface area contributed by atoms with Crippen molar-refractivity contribution in [2.45, 2.75) is 6.42 Å². The summed E-state index contributed by atoms with van der Waals surface area (Å²) in [5.41, 5.74) is 4.18. The summed E-state index contributed by atoms with van der Waals surface area (Å²) in [7, 11) is 0. The van der Waals surface area contributed by atoms with E-state index in [1.165, 1.54) is 16.5 Å². The molecule has 2 aromatic carbocycles. The van der Waals surface area contributed by atoms with Crippen LogP contribution in [0, 0.1) is 11.3 Å². The molecule has 1 N–H and O–H groups in total. The number of nitrogens with zero attached hydrogens (tertiary/aromatic N) is 2. The molecule has 5 nitrogen and oxygen atoms in total. The van der Waals surface area contributed by atoms with Crippen LogP contribution in [0.3, 0.4) is 0 Å². The zero-order chi connectivity index (χ0) is 18.6. The number of amides is 1. The number of ether oxygens (including phenoxy) is 1. The quantitative estimate of drug-likeness (QED) is 0.773. The van der Waals surface area contributed by atoms with E-state index in [9.17, 15) is 4.79 Å². The average Bonchev–Trinajstić information content (AvgIpc) is 3.16. The van der Waals surface area contributed by atoms with Gasteiger partial charge in [0.05, 0.1) is 11.6 Å². The second-order valence-corrected chi connectivity index (χ2v) is 6.49. The molecule has 2 heterocycles. The lowest BCUT2D eigenvalue weighted by Gasteiger charge is -2.26. The van der Waals surface area contributed by atoms with Crippen molar-refractivity contribution in [3.8, 4) is 11.8 Å². The number of nitriles is 1. The van der Waals surface area contributed by atoms with E-state index < -0.39 is 0 Å². The number of benzene rings is 2. The van der Waals surface area contributed by atoms with E-state index >= 15 is 0 Å². The third kappa shape index (κ3) is 3.56. The first-order chi connectivity index (χ1) is 13.2. The van der Waals surface area contributed by atoms with Gasteiger partial charge in [-0.2, -0.15) is 5.26 Å². The minimum atomic E-state index is -0.0337. The molecule has 1 amide bonds. The fourth-order valence-corrected chi connectivity index (χ4v) is 3.34. The SMILES string of the molecule is N#Cc1ccc(OCC(=O)N2CC=C(c3c[nH]c4ccccc34)CC2)cc1. The lowest BCUT2D eigenvalue weighted by molar-refractivity contribution is -0.132. The molecule has 0 unspecified atom stereocenters. The Morgan fingerprint density at radius 1 is 1.19 bits per heavy atom. The van der Waals surface area contributed by atoms with Crippen molar-refractivity contribution in [2.75, 3.05) is 19.7 Å². The summed E-state index contributed by atoms with van der Waals surface area (Å²) in [4.78, 5) is 17.5. The van der Waals surface area contributed by atoms with E-state index in [-0.39, 0.29) is 12.5 Å². The fraction of sp³-hybridized carbons (Fsp3) is 0.182. The first kappa shape index (κ1) is 16.9. The monoisotopic (exact) mass is 357 g/mol. The number of aromatic nitrogens is 1. The fourth-order valence-electron chi connectivity index (χ4n) is 3.34. The van der Waals surface area contributed by atoms with Crippen molar-refractivity contribution in [3.05, 3.63) is 71.9 Å². The Kier molecular flexibility index (Phi) is 4.63. The molecule has 1 aliphatic rings. The van der Waals surface area contributed by atoms with Gasteiger partial charge >= 0.3 is 0 Å². The standard InChI is InChI=1S/C22H19N3O2/c23-13-16-5-7-18(8-6-16)27-15-22(26)25-11-9-17(10-12-25)20-14-24-21-4-2-1-3-19(20)21/h1-9,14,24H,10-12,15H2. The smallest absolute Gasteiger partial charge is 0.260 e. The third-order valence-electron chi connectivity index (χ3n) is 4.84. The maximum Gasteiger partial charge on any atom is 0.260 e. The van der Waals surface area contributed by atoms with Gasteiger partial charge in [0, 0.05) is 35.8 Å². The van der Waals surface area contributed by atoms with Gasteiger partial charge < -0.3 is 14.6 Å². The number of hydrogen-bond donors (Lipinski definition) is 1. The zero-order valence-corrected chi connectivity index (χ0v) is 14.8. The molecule has 0 saturated heterocycles. The number of carbonyl (C=O) groups excluding carboxylic acids is 1. The Hall–Kier alpha value is -3.52. The Morgan fingerprint density at radius 3 is 2.74 bits per heavy atom. The number of carbonyl (C=O) groups is 1. The van der Waals surface area contributed by atoms with Crippen LogP contribution in [-0.2, 0) is 4.79 Å². The van der Waals surface area contributed by atoms with Crippen molar-refractivity contribution >= 4 is 22.4 Å². The molecule has 4 rings (SSSR count). The van der Waals surface area contributed by atoms with Crippen LogP contribution in [0.4, 0.5) is 0 Å². The van der Waals surface area contributed by atoms with Gasteiger partial charge in [0.25, 0.3) is 5.91 Å². The van der Waals surface area contributed by atoms with E-state index in [2.05, 4.69) is 29.3 Å². The number of nitrogens with one attached hydrogen (secondary N) is 1. The highest BCUT2D eigenvalue weighted by Crippen LogP contribution is 2.29. The first-order valence-corrected chi connectivity index (χ1v) is 8.91. The molecule has 0 saturated carbocycles. The van der Waals surface area contributed by atoms with Gasteiger partial charge in [-0.05, 0) is 42.3 Å². The minimum absolute atomic E-state index is 0.00214. The van der Waals surface area contributed by atoms with Gasteiger partial charge in [0.1, 0.15) is 5.75 Å². The molecule has 0 bridgehead atoms. The summed E-state index contributed by atoms with van der Waals surface area (Å²) in [6.07, 6.45) is 4.99. The van der Waals surface area contributed by atoms with Crippen molar-refractivity contribution in [1.29, 1.82) is 5.26 Å². The summed E-state index contributed by atoms with van der Waals surface area (Å²) in [6.45, 7) is 1.27. The zero-order valence-electron chi connectivity index (χ0n) is 14.8. The van der Waals surface area contributed by atoms with Crippen LogP contribution in [-0.4, -0.2) is 35.5 Å². The highest BCUT2D eigenvalue weighted by atomic mass is 16.5. The topological polar surface area (TPSA) is 69.1 Å². The summed E-state index contributed by atoms with van der Waals surface area (Å²) in [5.74, 6) is 0.558. The summed E-state index contributed by atoms with van der Waals surface area (Å²) < 4.78 is 5.55. The van der Waals surface area contributed by atoms with Crippen LogP contribution in [0.2, 0.25) is 0 Å². The van der Waals surface area contributed by atoms with E-state index in [4.69, 9.17) is 10.00 Å². The number of rotatable bonds is 4. The van der Waals surface area contributed by atoms with E-state index in [0.29, 0.717) is 24.4 Å². The molecular formula is C22H19N3O2. The van der Waals surface area contributed by atoms with Gasteiger partial charge in [0.2, 0.25) is 0 Å². The van der Waals surface area contributed by atoms with Crippen molar-refractivity contribution < 1.29 is 9.53 Å². The number of aromatic amines is 1. The Balaban J connectivity index is 1.37. The predicted octanol–water partition coefficient (Wildman–Crippen LogP) is 3.73. The van der Waals surface area contributed by atoms with Crippen molar-refractivity contribution in [1.82, 2.24) is 9.88 Å². The van der Waals surface area contributed by atoms with Crippen LogP contribution in [0.1, 0.15) is 17.5 Å². The molecule has 5 heteroatoms. The molecule has 0 radical (unpaired) electrons. The first-order valence-electron chi connectivity index (χ1n) is 8.91. The predicted molar refractivity (Wildman–Crippen MR) is 104 cm³/mol. The molecule has 134 valence electrons. The molecular weight excluding hydrogens is 338 g/mol. The van der Waals surface area contributed by atoms with Crippen LogP contribution in [0.15, 0.2) is 60.8 Å². The lowest BCUT2D eigenvalue weighted by Crippen LogP contribution is -2.37. The highest BCUT2D eigenvalue weighted by Gasteiger charge is 2.19. The van der Waals surface area contributed by atoms with E-state index in [0.717, 1.165) is 11.9 Å².